The number of fused-ring (bicyclic) bond motifs is 3. The van der Waals surface area contributed by atoms with Crippen LogP contribution in [0.5, 0.6) is 5.75 Å². The monoisotopic (exact) mass is 405 g/mol. The molecule has 5 rings (SSSR count). The van der Waals surface area contributed by atoms with Crippen LogP contribution in [0.25, 0.3) is 22.3 Å². The van der Waals surface area contributed by atoms with Crippen molar-refractivity contribution in [2.45, 2.75) is 57.2 Å². The lowest BCUT2D eigenvalue weighted by Crippen LogP contribution is -2.55. The number of piperidine rings is 2. The van der Waals surface area contributed by atoms with Gasteiger partial charge in [-0.15, -0.1) is 0 Å². The van der Waals surface area contributed by atoms with Gasteiger partial charge in [-0.05, 0) is 70.0 Å². The lowest BCUT2D eigenvalue weighted by molar-refractivity contribution is 0.0463. The highest BCUT2D eigenvalue weighted by atomic mass is 16.3. The predicted molar refractivity (Wildman–Crippen MR) is 115 cm³/mol. The summed E-state index contributed by atoms with van der Waals surface area (Å²) >= 11 is 0. The third-order valence-electron chi connectivity index (χ3n) is 6.79. The van der Waals surface area contributed by atoms with E-state index >= 15 is 0 Å². The van der Waals surface area contributed by atoms with Crippen molar-refractivity contribution in [1.29, 1.82) is 0 Å². The Hall–Kier alpha value is -2.93. The van der Waals surface area contributed by atoms with Crippen LogP contribution in [0, 0.1) is 6.92 Å². The summed E-state index contributed by atoms with van der Waals surface area (Å²) < 4.78 is 0. The Kier molecular flexibility index (Phi) is 4.70. The van der Waals surface area contributed by atoms with E-state index in [0.717, 1.165) is 29.5 Å². The van der Waals surface area contributed by atoms with Gasteiger partial charge in [0.1, 0.15) is 5.75 Å². The number of aromatic nitrogens is 3. The number of phenols is 1. The number of benzene rings is 1. The summed E-state index contributed by atoms with van der Waals surface area (Å²) in [5.74, 6) is 0.126. The smallest absolute Gasteiger partial charge is 0.252 e. The Morgan fingerprint density at radius 3 is 2.60 bits per heavy atom. The van der Waals surface area contributed by atoms with Gasteiger partial charge in [0.15, 0.2) is 5.65 Å². The predicted octanol–water partition coefficient (Wildman–Crippen LogP) is 3.38. The maximum atomic E-state index is 13.4. The average molecular weight is 406 g/mol. The van der Waals surface area contributed by atoms with E-state index in [1.54, 1.807) is 24.3 Å². The number of nitrogens with one attached hydrogen (secondary N) is 2. The summed E-state index contributed by atoms with van der Waals surface area (Å²) in [6.07, 6.45) is 5.72. The molecule has 2 saturated heterocycles. The second-order valence-corrected chi connectivity index (χ2v) is 8.69. The summed E-state index contributed by atoms with van der Waals surface area (Å²) in [6, 6.07) is 9.97. The first-order valence-corrected chi connectivity index (χ1v) is 10.7. The molecule has 2 fully saturated rings. The van der Waals surface area contributed by atoms with Gasteiger partial charge in [0.05, 0.1) is 16.6 Å². The summed E-state index contributed by atoms with van der Waals surface area (Å²) in [7, 11) is 2.22. The standard InChI is InChI=1S/C23H27N5O2/c1-13-21-19(23(30)24-15-10-16-4-3-5-17(11-15)28(16)2)12-20(25-22(21)27-26-13)14-6-8-18(29)9-7-14/h6-9,12,15-17,29H,3-5,10-11H2,1-2H3,(H,24,30)(H,25,26,27). The molecule has 4 heterocycles. The highest BCUT2D eigenvalue weighted by Gasteiger charge is 2.36. The van der Waals surface area contributed by atoms with Crippen LogP contribution in [0.4, 0.5) is 0 Å². The minimum atomic E-state index is -0.0699. The molecule has 0 radical (unpaired) electrons. The number of amides is 1. The summed E-state index contributed by atoms with van der Waals surface area (Å²) in [6.45, 7) is 1.91. The first-order valence-electron chi connectivity index (χ1n) is 10.7. The normalized spacial score (nSPS) is 24.1. The Balaban J connectivity index is 1.47. The van der Waals surface area contributed by atoms with E-state index < -0.39 is 0 Å². The number of phenolic OH excluding ortho intramolecular Hbond substituents is 1. The van der Waals surface area contributed by atoms with Gasteiger partial charge in [-0.1, -0.05) is 6.42 Å². The minimum Gasteiger partial charge on any atom is -0.508 e. The van der Waals surface area contributed by atoms with Crippen LogP contribution in [-0.2, 0) is 0 Å². The number of aryl methyl sites for hydroxylation is 1. The molecule has 1 aromatic carbocycles. The van der Waals surface area contributed by atoms with Crippen molar-refractivity contribution in [2.24, 2.45) is 0 Å². The van der Waals surface area contributed by atoms with Gasteiger partial charge >= 0.3 is 0 Å². The van der Waals surface area contributed by atoms with Crippen molar-refractivity contribution in [3.8, 4) is 17.0 Å². The molecule has 2 aliphatic heterocycles. The molecule has 0 spiro atoms. The molecule has 2 unspecified atom stereocenters. The molecule has 0 aliphatic carbocycles. The lowest BCUT2D eigenvalue weighted by Gasteiger charge is -2.47. The van der Waals surface area contributed by atoms with E-state index in [4.69, 9.17) is 0 Å². The molecule has 2 bridgehead atoms. The molecular weight excluding hydrogens is 378 g/mol. The largest absolute Gasteiger partial charge is 0.508 e. The molecule has 1 amide bonds. The van der Waals surface area contributed by atoms with Crippen molar-refractivity contribution in [3.63, 3.8) is 0 Å². The summed E-state index contributed by atoms with van der Waals surface area (Å²) in [5, 5.41) is 20.9. The highest BCUT2D eigenvalue weighted by molar-refractivity contribution is 6.07. The van der Waals surface area contributed by atoms with Crippen LogP contribution in [0.3, 0.4) is 0 Å². The van der Waals surface area contributed by atoms with Gasteiger partial charge in [0.25, 0.3) is 5.91 Å². The Labute approximate surface area is 175 Å². The fraction of sp³-hybridized carbons (Fsp3) is 0.435. The van der Waals surface area contributed by atoms with Crippen LogP contribution in [0.15, 0.2) is 30.3 Å². The Bertz CT molecular complexity index is 1080. The Morgan fingerprint density at radius 1 is 1.20 bits per heavy atom. The molecule has 3 aromatic rings. The number of hydrogen-bond acceptors (Lipinski definition) is 5. The van der Waals surface area contributed by atoms with Crippen molar-refractivity contribution < 1.29 is 9.90 Å². The molecular formula is C23H27N5O2. The van der Waals surface area contributed by atoms with Gasteiger partial charge in [-0.3, -0.25) is 9.89 Å². The summed E-state index contributed by atoms with van der Waals surface area (Å²) in [4.78, 5) is 20.5. The van der Waals surface area contributed by atoms with Gasteiger partial charge < -0.3 is 15.3 Å². The molecule has 3 N–H and O–H groups in total. The van der Waals surface area contributed by atoms with Crippen molar-refractivity contribution in [3.05, 3.63) is 41.6 Å². The lowest BCUT2D eigenvalue weighted by atomic mass is 9.82. The van der Waals surface area contributed by atoms with Gasteiger partial charge in [0, 0.05) is 29.4 Å². The quantitative estimate of drug-likeness (QED) is 0.621. The number of carbonyl (C=O) groups excluding carboxylic acids is 1. The van der Waals surface area contributed by atoms with Crippen LogP contribution in [0.1, 0.15) is 48.2 Å². The number of hydrogen-bond donors (Lipinski definition) is 3. The van der Waals surface area contributed by atoms with E-state index in [-0.39, 0.29) is 17.7 Å². The zero-order valence-corrected chi connectivity index (χ0v) is 17.4. The number of aromatic hydroxyl groups is 1. The van der Waals surface area contributed by atoms with Crippen LogP contribution in [-0.4, -0.2) is 56.3 Å². The number of rotatable bonds is 3. The van der Waals surface area contributed by atoms with Gasteiger partial charge in [-0.25, -0.2) is 4.98 Å². The van der Waals surface area contributed by atoms with E-state index in [0.29, 0.717) is 29.0 Å². The maximum absolute atomic E-state index is 13.4. The van der Waals surface area contributed by atoms with Crippen molar-refractivity contribution >= 4 is 16.9 Å². The van der Waals surface area contributed by atoms with Gasteiger partial charge in [0.2, 0.25) is 0 Å². The number of nitrogens with zero attached hydrogens (tertiary/aromatic N) is 3. The first-order chi connectivity index (χ1) is 14.5. The summed E-state index contributed by atoms with van der Waals surface area (Å²) in [5.41, 5.74) is 3.46. The van der Waals surface area contributed by atoms with E-state index in [2.05, 4.69) is 32.4 Å². The maximum Gasteiger partial charge on any atom is 0.252 e. The molecule has 2 aliphatic rings. The zero-order valence-electron chi connectivity index (χ0n) is 17.4. The van der Waals surface area contributed by atoms with Crippen molar-refractivity contribution in [2.75, 3.05) is 7.05 Å². The van der Waals surface area contributed by atoms with E-state index in [9.17, 15) is 9.90 Å². The fourth-order valence-electron chi connectivity index (χ4n) is 5.13. The molecule has 156 valence electrons. The zero-order chi connectivity index (χ0) is 20.8. The number of aromatic amines is 1. The fourth-order valence-corrected chi connectivity index (χ4v) is 5.13. The number of carbonyl (C=O) groups is 1. The average Bonchev–Trinajstić information content (AvgIpc) is 3.09. The molecule has 0 saturated carbocycles. The molecule has 7 heteroatoms. The van der Waals surface area contributed by atoms with Crippen molar-refractivity contribution in [1.82, 2.24) is 25.4 Å². The van der Waals surface area contributed by atoms with Gasteiger partial charge in [-0.2, -0.15) is 5.10 Å². The minimum absolute atomic E-state index is 0.0699. The third kappa shape index (κ3) is 3.33. The SMILES string of the molecule is Cc1[nH]nc2nc(-c3ccc(O)cc3)cc(C(=O)NC3CC4CCCC(C3)N4C)c12. The topological polar surface area (TPSA) is 94.1 Å². The molecule has 30 heavy (non-hydrogen) atoms. The second kappa shape index (κ2) is 7.40. The number of H-pyrrole nitrogens is 1. The third-order valence-corrected chi connectivity index (χ3v) is 6.79. The molecule has 2 aromatic heterocycles. The van der Waals surface area contributed by atoms with Crippen LogP contribution in [0.2, 0.25) is 0 Å². The van der Waals surface area contributed by atoms with Crippen LogP contribution >= 0.6 is 0 Å². The van der Waals surface area contributed by atoms with E-state index in [1.165, 1.54) is 19.3 Å². The molecule has 2 atom stereocenters. The Morgan fingerprint density at radius 2 is 1.90 bits per heavy atom. The second-order valence-electron chi connectivity index (χ2n) is 8.69. The first kappa shape index (κ1) is 19.1. The van der Waals surface area contributed by atoms with Crippen LogP contribution < -0.4 is 5.32 Å². The highest BCUT2D eigenvalue weighted by Crippen LogP contribution is 2.33. The molecule has 7 nitrogen and oxygen atoms in total. The van der Waals surface area contributed by atoms with E-state index in [1.807, 2.05) is 13.0 Å². The number of pyridine rings is 1.